The molecule has 9 nitrogen and oxygen atoms in total. The number of benzene rings is 4. The first kappa shape index (κ1) is 31.9. The SMILES string of the molecule is CCC(NC)(C(N)=O)[C@@H]1CN(C(=O)c2ccc(C(C)=O)cc2)c2ccccc2N(Cc2c(OC)ccc3cc(Br)ccc23)C1=O. The van der Waals surface area contributed by atoms with Crippen LogP contribution in [0, 0.1) is 5.92 Å². The van der Waals surface area contributed by atoms with Crippen molar-refractivity contribution in [3.63, 3.8) is 0 Å². The number of Topliss-reactive ketones (excluding diaryl/α,β-unsaturated/α-hetero) is 1. The van der Waals surface area contributed by atoms with Crippen molar-refractivity contribution in [3.8, 4) is 5.75 Å². The molecular weight excluding hydrogens is 636 g/mol. The van der Waals surface area contributed by atoms with Crippen molar-refractivity contribution in [1.29, 1.82) is 0 Å². The van der Waals surface area contributed by atoms with Gasteiger partial charge in [-0.1, -0.05) is 59.3 Å². The summed E-state index contributed by atoms with van der Waals surface area (Å²) in [5.41, 5.74) is 7.15. The highest BCUT2D eigenvalue weighted by molar-refractivity contribution is 9.10. The van der Waals surface area contributed by atoms with Gasteiger partial charge < -0.3 is 25.6 Å². The first-order chi connectivity index (χ1) is 21.6. The van der Waals surface area contributed by atoms with Crippen LogP contribution in [0.5, 0.6) is 5.75 Å². The number of hydrogen-bond acceptors (Lipinski definition) is 6. The number of halogens is 1. The molecule has 3 amide bonds. The molecule has 232 valence electrons. The van der Waals surface area contributed by atoms with E-state index < -0.39 is 17.4 Å². The van der Waals surface area contributed by atoms with Gasteiger partial charge in [-0.05, 0) is 73.6 Å². The minimum Gasteiger partial charge on any atom is -0.496 e. The van der Waals surface area contributed by atoms with E-state index in [0.717, 1.165) is 20.8 Å². The molecule has 4 aromatic rings. The minimum atomic E-state index is -1.46. The van der Waals surface area contributed by atoms with Gasteiger partial charge in [0.25, 0.3) is 5.91 Å². The van der Waals surface area contributed by atoms with Crippen LogP contribution in [-0.4, -0.2) is 49.7 Å². The number of nitrogens with zero attached hydrogens (tertiary/aromatic N) is 2. The van der Waals surface area contributed by atoms with Crippen LogP contribution >= 0.6 is 15.9 Å². The first-order valence-corrected chi connectivity index (χ1v) is 15.4. The van der Waals surface area contributed by atoms with Gasteiger partial charge in [-0.25, -0.2) is 0 Å². The zero-order valence-electron chi connectivity index (χ0n) is 25.6. The summed E-state index contributed by atoms with van der Waals surface area (Å²) in [6.45, 7) is 3.24. The Morgan fingerprint density at radius 2 is 1.67 bits per heavy atom. The molecule has 1 aliphatic rings. The van der Waals surface area contributed by atoms with Crippen LogP contribution in [0.4, 0.5) is 11.4 Å². The van der Waals surface area contributed by atoms with E-state index in [0.29, 0.717) is 28.3 Å². The van der Waals surface area contributed by atoms with Crippen molar-refractivity contribution < 1.29 is 23.9 Å². The second-order valence-electron chi connectivity index (χ2n) is 11.1. The second kappa shape index (κ2) is 12.8. The molecule has 4 aromatic carbocycles. The summed E-state index contributed by atoms with van der Waals surface area (Å²) in [6, 6.07) is 23.3. The predicted octanol–water partition coefficient (Wildman–Crippen LogP) is 5.48. The summed E-state index contributed by atoms with van der Waals surface area (Å²) in [6.07, 6.45) is 0.209. The van der Waals surface area contributed by atoms with Crippen LogP contribution in [-0.2, 0) is 16.1 Å². The van der Waals surface area contributed by atoms with Crippen LogP contribution in [0.25, 0.3) is 10.8 Å². The summed E-state index contributed by atoms with van der Waals surface area (Å²) in [4.78, 5) is 57.3. The Hall–Kier alpha value is -4.54. The third kappa shape index (κ3) is 5.71. The number of hydrogen-bond donors (Lipinski definition) is 2. The van der Waals surface area contributed by atoms with E-state index in [1.807, 2.05) is 30.3 Å². The Bertz CT molecular complexity index is 1800. The van der Waals surface area contributed by atoms with E-state index in [-0.39, 0.29) is 37.1 Å². The van der Waals surface area contributed by atoms with Crippen molar-refractivity contribution in [2.24, 2.45) is 11.7 Å². The van der Waals surface area contributed by atoms with E-state index in [1.165, 1.54) is 11.8 Å². The van der Waals surface area contributed by atoms with E-state index in [4.69, 9.17) is 10.5 Å². The fourth-order valence-electron chi connectivity index (χ4n) is 6.24. The van der Waals surface area contributed by atoms with Crippen LogP contribution < -0.4 is 25.6 Å². The van der Waals surface area contributed by atoms with Gasteiger partial charge in [0.05, 0.1) is 30.9 Å². The number of para-hydroxylation sites is 2. The summed E-state index contributed by atoms with van der Waals surface area (Å²) in [5.74, 6) is -2.00. The van der Waals surface area contributed by atoms with Crippen LogP contribution in [0.1, 0.15) is 46.5 Å². The Balaban J connectivity index is 1.72. The number of carbonyl (C=O) groups excluding carboxylic acids is 4. The third-order valence-electron chi connectivity index (χ3n) is 8.80. The average Bonchev–Trinajstić information content (AvgIpc) is 3.16. The number of ether oxygens (including phenoxy) is 1. The molecule has 10 heteroatoms. The number of fused-ring (bicyclic) bond motifs is 2. The number of primary amides is 1. The van der Waals surface area contributed by atoms with Crippen molar-refractivity contribution in [2.75, 3.05) is 30.5 Å². The number of ketones is 1. The van der Waals surface area contributed by atoms with E-state index in [2.05, 4.69) is 21.2 Å². The van der Waals surface area contributed by atoms with Crippen molar-refractivity contribution in [2.45, 2.75) is 32.4 Å². The largest absolute Gasteiger partial charge is 0.496 e. The fourth-order valence-corrected chi connectivity index (χ4v) is 6.61. The lowest BCUT2D eigenvalue weighted by Crippen LogP contribution is -2.64. The van der Waals surface area contributed by atoms with E-state index >= 15 is 0 Å². The number of likely N-dealkylation sites (N-methyl/N-ethyl adjacent to an activating group) is 1. The molecule has 0 aliphatic carbocycles. The highest BCUT2D eigenvalue weighted by Gasteiger charge is 2.50. The Morgan fingerprint density at radius 1 is 1.00 bits per heavy atom. The van der Waals surface area contributed by atoms with E-state index in [1.54, 1.807) is 74.5 Å². The van der Waals surface area contributed by atoms with Crippen molar-refractivity contribution in [1.82, 2.24) is 5.32 Å². The van der Waals surface area contributed by atoms with Gasteiger partial charge in [-0.3, -0.25) is 19.2 Å². The highest BCUT2D eigenvalue weighted by atomic mass is 79.9. The standard InChI is InChI=1S/C35H35BrN4O5/c1-5-35(38-3,34(37)44)28-20-40(32(42)23-12-10-22(11-13-23)21(2)41)30-9-7-6-8-29(30)39(33(28)43)19-27-26-16-15-25(36)18-24(26)14-17-31(27)45-4/h6-18,28,38H,5,19-20H2,1-4H3,(H2,37,44)/t28-,35?/m1/s1. The van der Waals surface area contributed by atoms with Gasteiger partial charge in [0, 0.05) is 27.7 Å². The predicted molar refractivity (Wildman–Crippen MR) is 179 cm³/mol. The summed E-state index contributed by atoms with van der Waals surface area (Å²) >= 11 is 3.54. The molecule has 0 bridgehead atoms. The Kier molecular flexibility index (Phi) is 9.08. The van der Waals surface area contributed by atoms with Crippen molar-refractivity contribution >= 4 is 61.6 Å². The van der Waals surface area contributed by atoms with Gasteiger partial charge in [0.15, 0.2) is 5.78 Å². The van der Waals surface area contributed by atoms with Crippen molar-refractivity contribution in [3.05, 3.63) is 100 Å². The molecule has 2 atom stereocenters. The number of carbonyl (C=O) groups is 4. The number of methoxy groups -OCH3 is 1. The molecule has 0 spiro atoms. The molecule has 5 rings (SSSR count). The normalized spacial score (nSPS) is 16.1. The molecule has 45 heavy (non-hydrogen) atoms. The number of rotatable bonds is 9. The van der Waals surface area contributed by atoms with Gasteiger partial charge >= 0.3 is 0 Å². The Morgan fingerprint density at radius 3 is 2.27 bits per heavy atom. The smallest absolute Gasteiger partial charge is 0.258 e. The maximum absolute atomic E-state index is 14.8. The molecule has 1 aliphatic heterocycles. The highest BCUT2D eigenvalue weighted by Crippen LogP contribution is 2.41. The monoisotopic (exact) mass is 670 g/mol. The summed E-state index contributed by atoms with van der Waals surface area (Å²) in [7, 11) is 3.18. The zero-order chi connectivity index (χ0) is 32.5. The zero-order valence-corrected chi connectivity index (χ0v) is 27.2. The van der Waals surface area contributed by atoms with Gasteiger partial charge in [-0.2, -0.15) is 0 Å². The molecule has 3 N–H and O–H groups in total. The average molecular weight is 672 g/mol. The number of nitrogens with one attached hydrogen (secondary N) is 1. The lowest BCUT2D eigenvalue weighted by molar-refractivity contribution is -0.134. The number of anilines is 2. The number of nitrogens with two attached hydrogens (primary N) is 1. The minimum absolute atomic E-state index is 0.103. The van der Waals surface area contributed by atoms with Crippen LogP contribution in [0.15, 0.2) is 83.3 Å². The molecule has 0 aromatic heterocycles. The van der Waals surface area contributed by atoms with Crippen LogP contribution in [0.3, 0.4) is 0 Å². The van der Waals surface area contributed by atoms with E-state index in [9.17, 15) is 19.2 Å². The van der Waals surface area contributed by atoms with Crippen LogP contribution in [0.2, 0.25) is 0 Å². The Labute approximate surface area is 270 Å². The maximum Gasteiger partial charge on any atom is 0.258 e. The molecule has 0 radical (unpaired) electrons. The first-order valence-electron chi connectivity index (χ1n) is 14.6. The molecule has 0 fully saturated rings. The molecular formula is C35H35BrN4O5. The lowest BCUT2D eigenvalue weighted by Gasteiger charge is -2.38. The third-order valence-corrected chi connectivity index (χ3v) is 9.29. The second-order valence-corrected chi connectivity index (χ2v) is 12.0. The summed E-state index contributed by atoms with van der Waals surface area (Å²) < 4.78 is 6.69. The maximum atomic E-state index is 14.8. The fraction of sp³-hybridized carbons (Fsp3) is 0.257. The van der Waals surface area contributed by atoms with Gasteiger partial charge in [-0.15, -0.1) is 0 Å². The topological polar surface area (TPSA) is 122 Å². The van der Waals surface area contributed by atoms with Gasteiger partial charge in [0.1, 0.15) is 11.3 Å². The molecule has 1 heterocycles. The lowest BCUT2D eigenvalue weighted by atomic mass is 9.79. The summed E-state index contributed by atoms with van der Waals surface area (Å²) in [5, 5.41) is 4.90. The number of amides is 3. The quantitative estimate of drug-likeness (QED) is 0.228. The molecule has 0 saturated heterocycles. The van der Waals surface area contributed by atoms with Gasteiger partial charge in [0.2, 0.25) is 11.8 Å². The molecule has 0 saturated carbocycles. The molecule has 1 unspecified atom stereocenters.